The summed E-state index contributed by atoms with van der Waals surface area (Å²) in [6.07, 6.45) is 3.76. The Hall–Kier alpha value is -2.14. The number of hydrogen-bond donors (Lipinski definition) is 1. The molecule has 0 aliphatic carbocycles. The molecule has 20 heavy (non-hydrogen) atoms. The van der Waals surface area contributed by atoms with Crippen molar-refractivity contribution in [2.45, 2.75) is 13.5 Å². The molecule has 0 aliphatic heterocycles. The number of hydrogen-bond acceptors (Lipinski definition) is 4. The van der Waals surface area contributed by atoms with Gasteiger partial charge in [-0.1, -0.05) is 12.1 Å². The van der Waals surface area contributed by atoms with E-state index in [-0.39, 0.29) is 0 Å². The van der Waals surface area contributed by atoms with Gasteiger partial charge in [-0.3, -0.25) is 0 Å². The van der Waals surface area contributed by atoms with Gasteiger partial charge in [0, 0.05) is 36.1 Å². The molecule has 2 heterocycles. The number of thiazole rings is 1. The lowest BCUT2D eigenvalue weighted by Gasteiger charge is -2.07. The van der Waals surface area contributed by atoms with Gasteiger partial charge in [-0.15, -0.1) is 11.3 Å². The van der Waals surface area contributed by atoms with Crippen LogP contribution in [0.2, 0.25) is 0 Å². The second-order valence-corrected chi connectivity index (χ2v) is 5.70. The predicted octanol–water partition coefficient (Wildman–Crippen LogP) is 3.46. The summed E-state index contributed by atoms with van der Waals surface area (Å²) in [6.45, 7) is 2.75. The fourth-order valence-corrected chi connectivity index (χ4v) is 2.62. The van der Waals surface area contributed by atoms with Gasteiger partial charge in [0.15, 0.2) is 0 Å². The Morgan fingerprint density at radius 1 is 1.25 bits per heavy atom. The van der Waals surface area contributed by atoms with Crippen molar-refractivity contribution in [3.8, 4) is 11.3 Å². The summed E-state index contributed by atoms with van der Waals surface area (Å²) in [5.74, 6) is 1.02. The molecular formula is C15H16N4S. The van der Waals surface area contributed by atoms with Crippen LogP contribution >= 0.6 is 11.3 Å². The van der Waals surface area contributed by atoms with Gasteiger partial charge in [0.2, 0.25) is 0 Å². The molecule has 0 unspecified atom stereocenters. The fraction of sp³-hybridized carbons (Fsp3) is 0.200. The maximum absolute atomic E-state index is 4.49. The number of nitrogens with zero attached hydrogens (tertiary/aromatic N) is 3. The summed E-state index contributed by atoms with van der Waals surface area (Å²) in [4.78, 5) is 8.78. The van der Waals surface area contributed by atoms with Crippen LogP contribution < -0.4 is 5.32 Å². The van der Waals surface area contributed by atoms with E-state index in [1.807, 2.05) is 30.9 Å². The Balaban J connectivity index is 1.69. The molecule has 1 aromatic carbocycles. The van der Waals surface area contributed by atoms with Gasteiger partial charge in [-0.05, 0) is 19.1 Å². The summed E-state index contributed by atoms with van der Waals surface area (Å²) in [5, 5.41) is 6.55. The number of imidazole rings is 1. The van der Waals surface area contributed by atoms with E-state index in [1.54, 1.807) is 11.3 Å². The second kappa shape index (κ2) is 5.46. The zero-order valence-electron chi connectivity index (χ0n) is 11.5. The van der Waals surface area contributed by atoms with Crippen LogP contribution in [-0.4, -0.2) is 14.5 Å². The standard InChI is InChI=1S/C15H16N4S/c1-11-18-14(10-20-11)12-3-5-13(6-4-12)17-9-15-16-7-8-19(15)2/h3-8,10,17H,9H2,1-2H3. The van der Waals surface area contributed by atoms with Gasteiger partial charge >= 0.3 is 0 Å². The number of nitrogens with one attached hydrogen (secondary N) is 1. The molecule has 0 saturated carbocycles. The van der Waals surface area contributed by atoms with Crippen LogP contribution in [0.3, 0.4) is 0 Å². The fourth-order valence-electron chi connectivity index (χ4n) is 2.00. The third-order valence-corrected chi connectivity index (χ3v) is 3.94. The van der Waals surface area contributed by atoms with Crippen LogP contribution in [0, 0.1) is 6.92 Å². The first-order chi connectivity index (χ1) is 9.72. The molecule has 1 N–H and O–H groups in total. The Morgan fingerprint density at radius 2 is 2.05 bits per heavy atom. The Labute approximate surface area is 122 Å². The summed E-state index contributed by atoms with van der Waals surface area (Å²) >= 11 is 1.68. The highest BCUT2D eigenvalue weighted by molar-refractivity contribution is 7.09. The van der Waals surface area contributed by atoms with Crippen molar-refractivity contribution in [1.82, 2.24) is 14.5 Å². The minimum Gasteiger partial charge on any atom is -0.378 e. The predicted molar refractivity (Wildman–Crippen MR) is 82.8 cm³/mol. The molecule has 0 radical (unpaired) electrons. The molecular weight excluding hydrogens is 268 g/mol. The zero-order valence-corrected chi connectivity index (χ0v) is 12.3. The summed E-state index contributed by atoms with van der Waals surface area (Å²) in [6, 6.07) is 8.34. The van der Waals surface area contributed by atoms with Crippen molar-refractivity contribution in [3.05, 3.63) is 52.9 Å². The topological polar surface area (TPSA) is 42.7 Å². The third-order valence-electron chi connectivity index (χ3n) is 3.17. The van der Waals surface area contributed by atoms with Crippen molar-refractivity contribution in [3.63, 3.8) is 0 Å². The molecule has 0 bridgehead atoms. The SMILES string of the molecule is Cc1nc(-c2ccc(NCc3nccn3C)cc2)cs1. The van der Waals surface area contributed by atoms with E-state index < -0.39 is 0 Å². The van der Waals surface area contributed by atoms with Gasteiger partial charge < -0.3 is 9.88 Å². The summed E-state index contributed by atoms with van der Waals surface area (Å²) in [7, 11) is 2.00. The van der Waals surface area contributed by atoms with Crippen LogP contribution in [0.25, 0.3) is 11.3 Å². The largest absolute Gasteiger partial charge is 0.378 e. The van der Waals surface area contributed by atoms with Crippen molar-refractivity contribution in [2.24, 2.45) is 7.05 Å². The molecule has 0 saturated heterocycles. The zero-order chi connectivity index (χ0) is 13.9. The van der Waals surface area contributed by atoms with Gasteiger partial charge in [0.05, 0.1) is 17.2 Å². The first kappa shape index (κ1) is 12.9. The van der Waals surface area contributed by atoms with Crippen LogP contribution in [0.1, 0.15) is 10.8 Å². The van der Waals surface area contributed by atoms with Crippen LogP contribution in [-0.2, 0) is 13.6 Å². The van der Waals surface area contributed by atoms with Gasteiger partial charge in [0.1, 0.15) is 5.82 Å². The molecule has 0 amide bonds. The van der Waals surface area contributed by atoms with Crippen LogP contribution in [0.15, 0.2) is 42.0 Å². The molecule has 102 valence electrons. The molecule has 2 aromatic heterocycles. The van der Waals surface area contributed by atoms with E-state index >= 15 is 0 Å². The van der Waals surface area contributed by atoms with Gasteiger partial charge in [-0.25, -0.2) is 9.97 Å². The van der Waals surface area contributed by atoms with Crippen molar-refractivity contribution in [2.75, 3.05) is 5.32 Å². The smallest absolute Gasteiger partial charge is 0.127 e. The third kappa shape index (κ3) is 2.72. The maximum Gasteiger partial charge on any atom is 0.127 e. The number of anilines is 1. The van der Waals surface area contributed by atoms with Crippen LogP contribution in [0.5, 0.6) is 0 Å². The lowest BCUT2D eigenvalue weighted by Crippen LogP contribution is -2.05. The minimum atomic E-state index is 0.721. The van der Waals surface area contributed by atoms with E-state index in [2.05, 4.69) is 44.9 Å². The lowest BCUT2D eigenvalue weighted by atomic mass is 10.1. The van der Waals surface area contributed by atoms with Crippen molar-refractivity contribution >= 4 is 17.0 Å². The maximum atomic E-state index is 4.49. The van der Waals surface area contributed by atoms with E-state index in [9.17, 15) is 0 Å². The highest BCUT2D eigenvalue weighted by Gasteiger charge is 2.03. The molecule has 3 aromatic rings. The normalized spacial score (nSPS) is 10.7. The average molecular weight is 284 g/mol. The highest BCUT2D eigenvalue weighted by atomic mass is 32.1. The quantitative estimate of drug-likeness (QED) is 0.797. The summed E-state index contributed by atoms with van der Waals surface area (Å²) in [5.41, 5.74) is 3.28. The van der Waals surface area contributed by atoms with Gasteiger partial charge in [0.25, 0.3) is 0 Å². The first-order valence-electron chi connectivity index (χ1n) is 6.45. The monoisotopic (exact) mass is 284 g/mol. The Bertz CT molecular complexity index is 697. The average Bonchev–Trinajstić information content (AvgIpc) is 3.06. The number of aryl methyl sites for hydroxylation is 2. The molecule has 0 fully saturated rings. The molecule has 0 aliphatic rings. The van der Waals surface area contributed by atoms with Gasteiger partial charge in [-0.2, -0.15) is 0 Å². The Morgan fingerprint density at radius 3 is 2.65 bits per heavy atom. The van der Waals surface area contributed by atoms with E-state index in [1.165, 1.54) is 0 Å². The molecule has 0 spiro atoms. The highest BCUT2D eigenvalue weighted by Crippen LogP contribution is 2.23. The first-order valence-corrected chi connectivity index (χ1v) is 7.33. The van der Waals surface area contributed by atoms with Crippen molar-refractivity contribution in [1.29, 1.82) is 0 Å². The number of benzene rings is 1. The second-order valence-electron chi connectivity index (χ2n) is 4.64. The summed E-state index contributed by atoms with van der Waals surface area (Å²) < 4.78 is 2.01. The molecule has 3 rings (SSSR count). The molecule has 4 nitrogen and oxygen atoms in total. The van der Waals surface area contributed by atoms with E-state index in [4.69, 9.17) is 0 Å². The number of aromatic nitrogens is 3. The van der Waals surface area contributed by atoms with Crippen molar-refractivity contribution < 1.29 is 0 Å². The molecule has 0 atom stereocenters. The number of rotatable bonds is 4. The van der Waals surface area contributed by atoms with E-state index in [0.29, 0.717) is 0 Å². The minimum absolute atomic E-state index is 0.721. The molecule has 5 heteroatoms. The lowest BCUT2D eigenvalue weighted by molar-refractivity contribution is 0.813. The van der Waals surface area contributed by atoms with E-state index in [0.717, 1.165) is 34.3 Å². The van der Waals surface area contributed by atoms with Crippen LogP contribution in [0.4, 0.5) is 5.69 Å². The Kier molecular flexibility index (Phi) is 3.52.